The average molecular weight is 617 g/mol. The smallest absolute Gasteiger partial charge is 0.0945 e. The largest absolute Gasteiger partial charge is 0.373 e. The molecule has 0 saturated carbocycles. The molecule has 4 heteroatoms. The number of aromatic amines is 1. The number of nitrogens with one attached hydrogen (secondary N) is 2. The summed E-state index contributed by atoms with van der Waals surface area (Å²) in [6, 6.07) is 44.3. The topological polar surface area (TPSA) is 52.5 Å². The fourth-order valence-corrected chi connectivity index (χ4v) is 6.92. The van der Waals surface area contributed by atoms with Crippen LogP contribution >= 0.6 is 0 Å². The molecule has 5 heterocycles. The van der Waals surface area contributed by atoms with Crippen molar-refractivity contribution in [3.8, 4) is 11.1 Å². The molecule has 0 fully saturated rings. The van der Waals surface area contributed by atoms with Crippen LogP contribution < -0.4 is 5.32 Å². The summed E-state index contributed by atoms with van der Waals surface area (Å²) in [7, 11) is 0. The third-order valence-corrected chi connectivity index (χ3v) is 9.31. The van der Waals surface area contributed by atoms with E-state index in [-0.39, 0.29) is 12.1 Å². The van der Waals surface area contributed by atoms with E-state index in [2.05, 4.69) is 180 Å². The van der Waals surface area contributed by atoms with Gasteiger partial charge < -0.3 is 10.3 Å². The van der Waals surface area contributed by atoms with E-state index in [0.29, 0.717) is 0 Å². The number of aliphatic imine (C=N–C) groups is 2. The first-order valence-electron chi connectivity index (χ1n) is 16.4. The van der Waals surface area contributed by atoms with Gasteiger partial charge >= 0.3 is 0 Å². The van der Waals surface area contributed by atoms with Crippen LogP contribution in [0.25, 0.3) is 33.9 Å². The molecule has 4 aromatic carbocycles. The highest BCUT2D eigenvalue weighted by atomic mass is 15.0. The van der Waals surface area contributed by atoms with E-state index in [9.17, 15) is 0 Å². The maximum atomic E-state index is 5.32. The van der Waals surface area contributed by atoms with Crippen molar-refractivity contribution in [1.82, 2.24) is 10.3 Å². The summed E-state index contributed by atoms with van der Waals surface area (Å²) in [5.74, 6) is 0. The van der Waals surface area contributed by atoms with Crippen LogP contribution in [0, 0.1) is 0 Å². The Morgan fingerprint density at radius 2 is 1.17 bits per heavy atom. The van der Waals surface area contributed by atoms with E-state index in [0.717, 1.165) is 56.5 Å². The number of hydrogen-bond donors (Lipinski definition) is 2. The maximum Gasteiger partial charge on any atom is 0.0945 e. The summed E-state index contributed by atoms with van der Waals surface area (Å²) in [6.45, 7) is 0. The number of nitrogens with zero attached hydrogens (tertiary/aromatic N) is 2. The molecule has 0 amide bonds. The lowest BCUT2D eigenvalue weighted by atomic mass is 9.96. The number of rotatable bonds is 4. The van der Waals surface area contributed by atoms with Crippen molar-refractivity contribution < 1.29 is 0 Å². The molecule has 0 spiro atoms. The van der Waals surface area contributed by atoms with E-state index in [1.54, 1.807) is 0 Å². The highest BCUT2D eigenvalue weighted by Crippen LogP contribution is 2.36. The molecule has 2 N–H and O–H groups in total. The van der Waals surface area contributed by atoms with Crippen LogP contribution in [-0.2, 0) is 0 Å². The molecule has 8 bridgehead atoms. The molecule has 2 unspecified atom stereocenters. The van der Waals surface area contributed by atoms with E-state index in [1.165, 1.54) is 22.3 Å². The molecule has 0 radical (unpaired) electrons. The Morgan fingerprint density at radius 1 is 0.542 bits per heavy atom. The molecule has 0 aliphatic carbocycles. The summed E-state index contributed by atoms with van der Waals surface area (Å²) < 4.78 is 0. The summed E-state index contributed by atoms with van der Waals surface area (Å²) in [6.07, 6.45) is 15.5. The SMILES string of the molecule is C1=C(c2ccccc2)C2=NC/1=C1/C=C(c3ccccc3)C(/C=C\C3N=C(C=C3c3ccccc3)c3cc(-c4ccccc4)c([nH]3)/C=C\2)N1. The van der Waals surface area contributed by atoms with Gasteiger partial charge in [0, 0.05) is 16.8 Å². The first-order chi connectivity index (χ1) is 23.8. The second-order valence-electron chi connectivity index (χ2n) is 12.3. The molecule has 48 heavy (non-hydrogen) atoms. The Hall–Kier alpha value is -6.26. The average Bonchev–Trinajstić information content (AvgIpc) is 3.95. The van der Waals surface area contributed by atoms with Gasteiger partial charge in [-0.15, -0.1) is 0 Å². The zero-order valence-corrected chi connectivity index (χ0v) is 26.2. The standard InChI is InChI=1S/C44H32N4/c1-5-13-29(14-6-1)33-25-41-42-26-34(30-15-7-2-8-16-30)39(46-42)23-24-40-36(32-19-11-4-12-20-32)28-44(48-40)43-27-35(31-17-9-3-10-18-31)38(47-43)22-21-37(33)45-41/h1-28,37-38,45,48H/b22-21-,24-23-,42-41-. The second kappa shape index (κ2) is 11.8. The van der Waals surface area contributed by atoms with Crippen LogP contribution in [-0.4, -0.2) is 28.5 Å². The minimum atomic E-state index is -0.131. The maximum absolute atomic E-state index is 5.32. The van der Waals surface area contributed by atoms with Gasteiger partial charge in [0.1, 0.15) is 0 Å². The normalized spacial score (nSPS) is 22.2. The van der Waals surface area contributed by atoms with E-state index in [1.807, 2.05) is 0 Å². The van der Waals surface area contributed by atoms with Crippen LogP contribution in [0.3, 0.4) is 0 Å². The highest BCUT2D eigenvalue weighted by molar-refractivity contribution is 6.32. The number of benzene rings is 4. The molecule has 4 nitrogen and oxygen atoms in total. The molecule has 4 aliphatic heterocycles. The minimum absolute atomic E-state index is 0.0378. The van der Waals surface area contributed by atoms with Gasteiger partial charge in [0.25, 0.3) is 0 Å². The number of aromatic nitrogens is 1. The first-order valence-corrected chi connectivity index (χ1v) is 16.4. The monoisotopic (exact) mass is 616 g/mol. The van der Waals surface area contributed by atoms with Crippen molar-refractivity contribution in [2.75, 3.05) is 0 Å². The van der Waals surface area contributed by atoms with Gasteiger partial charge in [-0.3, -0.25) is 4.99 Å². The van der Waals surface area contributed by atoms with Crippen molar-refractivity contribution in [2.24, 2.45) is 9.98 Å². The lowest BCUT2D eigenvalue weighted by Crippen LogP contribution is -2.22. The fourth-order valence-electron chi connectivity index (χ4n) is 6.92. The molecule has 9 rings (SSSR count). The van der Waals surface area contributed by atoms with Gasteiger partial charge in [0.15, 0.2) is 0 Å². The Balaban J connectivity index is 1.25. The third-order valence-electron chi connectivity index (χ3n) is 9.31. The van der Waals surface area contributed by atoms with Gasteiger partial charge in [0.05, 0.1) is 40.6 Å². The first kappa shape index (κ1) is 28.0. The van der Waals surface area contributed by atoms with Gasteiger partial charge in [-0.1, -0.05) is 133 Å². The number of allylic oxidation sites excluding steroid dienone is 5. The molecule has 2 atom stereocenters. The van der Waals surface area contributed by atoms with Crippen LogP contribution in [0.2, 0.25) is 0 Å². The van der Waals surface area contributed by atoms with E-state index < -0.39 is 0 Å². The number of fused-ring (bicyclic) bond motifs is 7. The van der Waals surface area contributed by atoms with Crippen LogP contribution in [0.4, 0.5) is 0 Å². The Labute approximate surface area is 280 Å². The summed E-state index contributed by atoms with van der Waals surface area (Å²) in [4.78, 5) is 14.3. The third kappa shape index (κ3) is 5.14. The van der Waals surface area contributed by atoms with Gasteiger partial charge in [-0.2, -0.15) is 0 Å². The van der Waals surface area contributed by atoms with E-state index >= 15 is 0 Å². The van der Waals surface area contributed by atoms with E-state index in [4.69, 9.17) is 9.98 Å². The quantitative estimate of drug-likeness (QED) is 0.194. The van der Waals surface area contributed by atoms with Gasteiger partial charge in [0.2, 0.25) is 0 Å². The molecule has 5 aromatic rings. The summed E-state index contributed by atoms with van der Waals surface area (Å²) >= 11 is 0. The van der Waals surface area contributed by atoms with Crippen molar-refractivity contribution in [3.05, 3.63) is 203 Å². The van der Waals surface area contributed by atoms with Crippen LogP contribution in [0.1, 0.15) is 28.1 Å². The predicted octanol–water partition coefficient (Wildman–Crippen LogP) is 9.32. The van der Waals surface area contributed by atoms with Crippen molar-refractivity contribution in [3.63, 3.8) is 0 Å². The van der Waals surface area contributed by atoms with Crippen molar-refractivity contribution in [1.29, 1.82) is 0 Å². The Bertz CT molecular complexity index is 2280. The lowest BCUT2D eigenvalue weighted by molar-refractivity contribution is 0.841. The zero-order valence-electron chi connectivity index (χ0n) is 26.2. The van der Waals surface area contributed by atoms with Gasteiger partial charge in [-0.25, -0.2) is 4.99 Å². The fraction of sp³-hybridized carbons (Fsp3) is 0.0455. The molecule has 228 valence electrons. The molecule has 4 aliphatic rings. The zero-order chi connectivity index (χ0) is 31.9. The molecular weight excluding hydrogens is 585 g/mol. The summed E-state index contributed by atoms with van der Waals surface area (Å²) in [5, 5.41) is 3.82. The molecule has 0 saturated heterocycles. The molecule has 1 aromatic heterocycles. The number of H-pyrrole nitrogens is 1. The highest BCUT2D eigenvalue weighted by Gasteiger charge is 2.28. The van der Waals surface area contributed by atoms with Gasteiger partial charge in [-0.05, 0) is 69.8 Å². The Morgan fingerprint density at radius 3 is 1.85 bits per heavy atom. The predicted molar refractivity (Wildman–Crippen MR) is 199 cm³/mol. The minimum Gasteiger partial charge on any atom is -0.373 e. The second-order valence-corrected chi connectivity index (χ2v) is 12.3. The molecular formula is C44H32N4. The van der Waals surface area contributed by atoms with Crippen LogP contribution in [0.15, 0.2) is 185 Å². The Kier molecular flexibility index (Phi) is 6.90. The van der Waals surface area contributed by atoms with Crippen molar-refractivity contribution in [2.45, 2.75) is 12.1 Å². The lowest BCUT2D eigenvalue weighted by Gasteiger charge is -2.15. The van der Waals surface area contributed by atoms with Crippen molar-refractivity contribution >= 4 is 34.2 Å². The summed E-state index contributed by atoms with van der Waals surface area (Å²) in [5.41, 5.74) is 15.1. The number of hydrogen-bond acceptors (Lipinski definition) is 3. The van der Waals surface area contributed by atoms with Crippen LogP contribution in [0.5, 0.6) is 0 Å².